The number of allylic oxidation sites excluding steroid dienone is 3. The minimum Gasteiger partial charge on any atom is -0.756 e. The molecule has 3 atom stereocenters. The van der Waals surface area contributed by atoms with Gasteiger partial charge < -0.3 is 28.8 Å². The van der Waals surface area contributed by atoms with Crippen molar-refractivity contribution in [2.75, 3.05) is 40.9 Å². The van der Waals surface area contributed by atoms with Gasteiger partial charge in [0, 0.05) is 6.42 Å². The van der Waals surface area contributed by atoms with E-state index in [0.29, 0.717) is 17.4 Å². The number of phosphoric acid groups is 1. The number of rotatable bonds is 45. The quantitative estimate of drug-likeness (QED) is 0.0274. The van der Waals surface area contributed by atoms with Crippen molar-refractivity contribution in [2.45, 2.75) is 244 Å². The predicted molar refractivity (Wildman–Crippen MR) is 247 cm³/mol. The van der Waals surface area contributed by atoms with E-state index in [0.717, 1.165) is 38.5 Å². The Labute approximate surface area is 360 Å². The van der Waals surface area contributed by atoms with Crippen molar-refractivity contribution in [3.63, 3.8) is 0 Å². The summed E-state index contributed by atoms with van der Waals surface area (Å²) in [6.07, 6.45) is 49.4. The van der Waals surface area contributed by atoms with Crippen LogP contribution in [0.2, 0.25) is 0 Å². The molecule has 0 aliphatic carbocycles. The topological polar surface area (TPSA) is 108 Å². The normalized spacial score (nSPS) is 14.4. The van der Waals surface area contributed by atoms with Crippen LogP contribution in [0.3, 0.4) is 0 Å². The summed E-state index contributed by atoms with van der Waals surface area (Å²) in [5, 5.41) is 13.8. The molecule has 8 nitrogen and oxygen atoms in total. The van der Waals surface area contributed by atoms with Crippen LogP contribution in [0.5, 0.6) is 0 Å². The number of aliphatic hydroxyl groups is 1. The Morgan fingerprint density at radius 1 is 0.586 bits per heavy atom. The van der Waals surface area contributed by atoms with Crippen LogP contribution >= 0.6 is 7.82 Å². The van der Waals surface area contributed by atoms with E-state index in [2.05, 4.69) is 31.3 Å². The molecule has 0 radical (unpaired) electrons. The van der Waals surface area contributed by atoms with E-state index in [9.17, 15) is 19.4 Å². The first kappa shape index (κ1) is 57.0. The van der Waals surface area contributed by atoms with Crippen molar-refractivity contribution in [2.24, 2.45) is 0 Å². The molecule has 3 unspecified atom stereocenters. The number of nitrogens with one attached hydrogen (secondary N) is 1. The summed E-state index contributed by atoms with van der Waals surface area (Å²) in [6, 6.07) is -0.898. The molecule has 0 aromatic rings. The number of phosphoric ester groups is 1. The SMILES string of the molecule is CCCCCCCCCCCCCCCC/C=C/CC/C=C/C(O)C(COP(=O)([O-])OCC[N+](C)(C)C)NC(=O)CCCCCCCCCCCCCCCCCC. The fraction of sp³-hybridized carbons (Fsp3) is 0.898. The first-order valence-corrected chi connectivity index (χ1v) is 26.2. The molecule has 0 rings (SSSR count). The van der Waals surface area contributed by atoms with Gasteiger partial charge in [-0.1, -0.05) is 218 Å². The summed E-state index contributed by atoms with van der Waals surface area (Å²) in [7, 11) is 1.25. The summed E-state index contributed by atoms with van der Waals surface area (Å²) in [5.74, 6) is -0.204. The molecule has 0 heterocycles. The lowest BCUT2D eigenvalue weighted by atomic mass is 10.0. The maximum Gasteiger partial charge on any atom is 0.268 e. The van der Waals surface area contributed by atoms with Gasteiger partial charge in [0.05, 0.1) is 39.9 Å². The van der Waals surface area contributed by atoms with Gasteiger partial charge in [-0.2, -0.15) is 0 Å². The second-order valence-electron chi connectivity index (χ2n) is 18.2. The van der Waals surface area contributed by atoms with Crippen LogP contribution < -0.4 is 10.2 Å². The van der Waals surface area contributed by atoms with Gasteiger partial charge in [-0.05, 0) is 32.1 Å². The van der Waals surface area contributed by atoms with Crippen LogP contribution in [0.15, 0.2) is 24.3 Å². The van der Waals surface area contributed by atoms with Crippen LogP contribution in [-0.2, 0) is 18.4 Å². The lowest BCUT2D eigenvalue weighted by molar-refractivity contribution is -0.870. The molecule has 0 aromatic heterocycles. The lowest BCUT2D eigenvalue weighted by Gasteiger charge is -2.29. The summed E-state index contributed by atoms with van der Waals surface area (Å²) >= 11 is 0. The molecule has 0 saturated carbocycles. The molecule has 58 heavy (non-hydrogen) atoms. The van der Waals surface area contributed by atoms with Crippen LogP contribution in [0.25, 0.3) is 0 Å². The van der Waals surface area contributed by atoms with Crippen molar-refractivity contribution in [3.05, 3.63) is 24.3 Å². The van der Waals surface area contributed by atoms with Gasteiger partial charge in [0.25, 0.3) is 7.82 Å². The molecule has 0 fully saturated rings. The zero-order chi connectivity index (χ0) is 42.8. The van der Waals surface area contributed by atoms with Crippen LogP contribution in [0.4, 0.5) is 0 Å². The maximum absolute atomic E-state index is 12.9. The number of amides is 1. The number of carbonyl (C=O) groups is 1. The highest BCUT2D eigenvalue weighted by molar-refractivity contribution is 7.45. The van der Waals surface area contributed by atoms with Gasteiger partial charge in [0.15, 0.2) is 0 Å². The summed E-state index contributed by atoms with van der Waals surface area (Å²) < 4.78 is 23.2. The van der Waals surface area contributed by atoms with E-state index in [4.69, 9.17) is 9.05 Å². The van der Waals surface area contributed by atoms with Gasteiger partial charge in [0.2, 0.25) is 5.91 Å². The third kappa shape index (κ3) is 43.1. The molecule has 0 aliphatic heterocycles. The van der Waals surface area contributed by atoms with Crippen LogP contribution in [-0.4, -0.2) is 68.5 Å². The molecule has 0 spiro atoms. The molecular formula is C49H97N2O6P. The third-order valence-corrected chi connectivity index (χ3v) is 12.1. The molecule has 0 bridgehead atoms. The van der Waals surface area contributed by atoms with Crippen molar-refractivity contribution < 1.29 is 32.9 Å². The van der Waals surface area contributed by atoms with Crippen LogP contribution in [0.1, 0.15) is 232 Å². The van der Waals surface area contributed by atoms with Gasteiger partial charge >= 0.3 is 0 Å². The number of hydrogen-bond donors (Lipinski definition) is 2. The fourth-order valence-electron chi connectivity index (χ4n) is 7.23. The summed E-state index contributed by atoms with van der Waals surface area (Å²) in [5.41, 5.74) is 0. The molecular weight excluding hydrogens is 744 g/mol. The fourth-order valence-corrected chi connectivity index (χ4v) is 7.95. The molecule has 1 amide bonds. The van der Waals surface area contributed by atoms with Gasteiger partial charge in [-0.3, -0.25) is 9.36 Å². The number of likely N-dealkylation sites (N-methyl/N-ethyl adjacent to an activating group) is 1. The zero-order valence-electron chi connectivity index (χ0n) is 39.0. The largest absolute Gasteiger partial charge is 0.756 e. The lowest BCUT2D eigenvalue weighted by Crippen LogP contribution is -2.45. The van der Waals surface area contributed by atoms with E-state index >= 15 is 0 Å². The Hall–Kier alpha value is -1.02. The van der Waals surface area contributed by atoms with Crippen molar-refractivity contribution in [1.82, 2.24) is 5.32 Å². The molecule has 0 saturated heterocycles. The number of quaternary nitrogens is 1. The van der Waals surface area contributed by atoms with Crippen molar-refractivity contribution in [1.29, 1.82) is 0 Å². The van der Waals surface area contributed by atoms with Crippen LogP contribution in [0, 0.1) is 0 Å². The Morgan fingerprint density at radius 2 is 0.966 bits per heavy atom. The molecule has 2 N–H and O–H groups in total. The summed E-state index contributed by atoms with van der Waals surface area (Å²) in [4.78, 5) is 25.4. The number of carbonyl (C=O) groups excluding carboxylic acids is 1. The maximum atomic E-state index is 12.9. The van der Waals surface area contributed by atoms with E-state index in [1.165, 1.54) is 173 Å². The van der Waals surface area contributed by atoms with E-state index in [-0.39, 0.29) is 19.1 Å². The first-order valence-electron chi connectivity index (χ1n) is 24.7. The highest BCUT2D eigenvalue weighted by Crippen LogP contribution is 2.38. The standard InChI is InChI=1S/C49H97N2O6P/c1-6-8-10-12-14-16-18-20-22-24-25-26-27-28-30-32-34-36-38-40-42-48(52)47(46-57-58(54,55)56-45-44-51(3,4)5)50-49(53)43-41-39-37-35-33-31-29-23-21-19-17-15-13-11-9-7-2/h32,34,40,42,47-48,52H,6-31,33,35-39,41,43-46H2,1-5H3,(H-,50,53,54,55)/b34-32+,42-40+. The Bertz CT molecular complexity index is 1000. The zero-order valence-corrected chi connectivity index (χ0v) is 39.9. The first-order chi connectivity index (χ1) is 28.0. The number of aliphatic hydroxyl groups excluding tert-OH is 1. The predicted octanol–water partition coefficient (Wildman–Crippen LogP) is 13.5. The average Bonchev–Trinajstić information content (AvgIpc) is 3.17. The molecule has 9 heteroatoms. The van der Waals surface area contributed by atoms with Crippen molar-refractivity contribution in [3.8, 4) is 0 Å². The monoisotopic (exact) mass is 841 g/mol. The third-order valence-electron chi connectivity index (χ3n) is 11.2. The van der Waals surface area contributed by atoms with E-state index < -0.39 is 20.0 Å². The number of unbranched alkanes of at least 4 members (excludes halogenated alkanes) is 30. The second-order valence-corrected chi connectivity index (χ2v) is 19.6. The van der Waals surface area contributed by atoms with E-state index in [1.54, 1.807) is 6.08 Å². The molecule has 0 aromatic carbocycles. The Balaban J connectivity index is 4.37. The van der Waals surface area contributed by atoms with Gasteiger partial charge in [-0.25, -0.2) is 0 Å². The second kappa shape index (κ2) is 41.3. The van der Waals surface area contributed by atoms with Gasteiger partial charge in [-0.15, -0.1) is 0 Å². The number of hydrogen-bond acceptors (Lipinski definition) is 6. The Kier molecular flexibility index (Phi) is 40.6. The van der Waals surface area contributed by atoms with Gasteiger partial charge in [0.1, 0.15) is 13.2 Å². The molecule has 344 valence electrons. The number of nitrogens with zero attached hydrogens (tertiary/aromatic N) is 1. The van der Waals surface area contributed by atoms with Crippen molar-refractivity contribution >= 4 is 13.7 Å². The molecule has 0 aliphatic rings. The minimum absolute atomic E-state index is 0.00403. The smallest absolute Gasteiger partial charge is 0.268 e. The average molecular weight is 841 g/mol. The Morgan fingerprint density at radius 3 is 1.40 bits per heavy atom. The van der Waals surface area contributed by atoms with E-state index in [1.807, 2.05) is 27.2 Å². The summed E-state index contributed by atoms with van der Waals surface area (Å²) in [6.45, 7) is 4.65. The minimum atomic E-state index is -4.59. The highest BCUT2D eigenvalue weighted by Gasteiger charge is 2.23. The highest BCUT2D eigenvalue weighted by atomic mass is 31.2.